The Labute approximate surface area is 209 Å². The van der Waals surface area contributed by atoms with E-state index in [9.17, 15) is 13.6 Å². The molecule has 0 bridgehead atoms. The van der Waals surface area contributed by atoms with Gasteiger partial charge in [0.1, 0.15) is 17.4 Å². The maximum absolute atomic E-state index is 14.9. The van der Waals surface area contributed by atoms with Crippen molar-refractivity contribution in [2.24, 2.45) is 0 Å². The number of nitrogens with zero attached hydrogens (tertiary/aromatic N) is 1. The Morgan fingerprint density at radius 1 is 1.06 bits per heavy atom. The number of rotatable bonds is 7. The van der Waals surface area contributed by atoms with Crippen LogP contribution in [-0.2, 0) is 11.2 Å². The fourth-order valence-corrected chi connectivity index (χ4v) is 4.74. The highest BCUT2D eigenvalue weighted by molar-refractivity contribution is 7.99. The average molecular weight is 506 g/mol. The minimum Gasteiger partial charge on any atom is -0.464 e. The van der Waals surface area contributed by atoms with Gasteiger partial charge in [0, 0.05) is 29.6 Å². The summed E-state index contributed by atoms with van der Waals surface area (Å²) in [6, 6.07) is 16.7. The van der Waals surface area contributed by atoms with Crippen LogP contribution in [0, 0.1) is 11.6 Å². The second kappa shape index (κ2) is 9.87. The zero-order valence-electron chi connectivity index (χ0n) is 19.4. The van der Waals surface area contributed by atoms with E-state index in [0.717, 1.165) is 10.9 Å². The molecule has 0 fully saturated rings. The first kappa shape index (κ1) is 23.6. The molecular weight excluding hydrogens is 484 g/mol. The number of thioether (sulfide) groups is 1. The Balaban J connectivity index is 1.54. The number of methoxy groups -OCH3 is 1. The van der Waals surface area contributed by atoms with E-state index in [1.165, 1.54) is 43.1 Å². The molecule has 182 valence electrons. The molecule has 5 rings (SSSR count). The Morgan fingerprint density at radius 2 is 1.86 bits per heavy atom. The summed E-state index contributed by atoms with van der Waals surface area (Å²) in [5.74, 6) is -1.36. The van der Waals surface area contributed by atoms with Crippen LogP contribution in [0.4, 0.5) is 8.78 Å². The summed E-state index contributed by atoms with van der Waals surface area (Å²) >= 11 is 1.35. The van der Waals surface area contributed by atoms with Gasteiger partial charge in [-0.15, -0.1) is 11.8 Å². The van der Waals surface area contributed by atoms with Gasteiger partial charge in [-0.05, 0) is 36.1 Å². The van der Waals surface area contributed by atoms with Crippen LogP contribution in [-0.4, -0.2) is 34.3 Å². The lowest BCUT2D eigenvalue weighted by molar-refractivity contribution is 0.0593. The monoisotopic (exact) mass is 505 g/mol. The number of hydrogen-bond donors (Lipinski definition) is 2. The van der Waals surface area contributed by atoms with Crippen LogP contribution >= 0.6 is 11.8 Å². The van der Waals surface area contributed by atoms with Gasteiger partial charge in [-0.1, -0.05) is 30.3 Å². The fraction of sp³-hybridized carbons (Fsp3) is 0.111. The summed E-state index contributed by atoms with van der Waals surface area (Å²) in [7, 11) is 1.26. The highest BCUT2D eigenvalue weighted by atomic mass is 32.2. The van der Waals surface area contributed by atoms with Crippen LogP contribution in [0.15, 0.2) is 71.8 Å². The molecule has 0 saturated carbocycles. The number of carbonyl (C=O) groups excluding carboxylic acids is 1. The fourth-order valence-electron chi connectivity index (χ4n) is 4.02. The molecular formula is C27H21F2N3O3S. The van der Waals surface area contributed by atoms with Gasteiger partial charge < -0.3 is 19.4 Å². The van der Waals surface area contributed by atoms with E-state index in [1.54, 1.807) is 6.20 Å². The standard InChI is InChI=1S/C27H21F2N3O3S/c1-34-27(33)23-22(12-15-6-4-3-5-7-15)31-26(32-23)18-13-16(8-9-19(18)28)35-24-20(29)14-21-17(10-11-30-21)25(24)36-2/h3-11,13-14,30H,12H2,1-2H3,(H,31,32). The normalized spacial score (nSPS) is 11.1. The average Bonchev–Trinajstić information content (AvgIpc) is 3.52. The van der Waals surface area contributed by atoms with Crippen LogP contribution < -0.4 is 4.74 Å². The number of esters is 1. The topological polar surface area (TPSA) is 80.0 Å². The number of aromatic nitrogens is 3. The molecule has 6 nitrogen and oxygen atoms in total. The molecule has 0 radical (unpaired) electrons. The number of benzene rings is 3. The first-order valence-corrected chi connectivity index (χ1v) is 12.2. The summed E-state index contributed by atoms with van der Waals surface area (Å²) in [5.41, 5.74) is 2.22. The Bertz CT molecular complexity index is 1560. The second-order valence-electron chi connectivity index (χ2n) is 7.97. The van der Waals surface area contributed by atoms with Gasteiger partial charge in [-0.3, -0.25) is 0 Å². The quantitative estimate of drug-likeness (QED) is 0.189. The number of nitrogens with one attached hydrogen (secondary N) is 2. The molecule has 5 aromatic rings. The number of hydrogen-bond acceptors (Lipinski definition) is 5. The number of aromatic amines is 2. The zero-order chi connectivity index (χ0) is 25.2. The number of ether oxygens (including phenoxy) is 2. The van der Waals surface area contributed by atoms with Crippen molar-refractivity contribution >= 4 is 28.6 Å². The summed E-state index contributed by atoms with van der Waals surface area (Å²) in [6.45, 7) is 0. The lowest BCUT2D eigenvalue weighted by atomic mass is 10.1. The molecule has 3 aromatic carbocycles. The van der Waals surface area contributed by atoms with Crippen molar-refractivity contribution in [3.05, 3.63) is 95.4 Å². The van der Waals surface area contributed by atoms with E-state index in [0.29, 0.717) is 22.5 Å². The minimum absolute atomic E-state index is 0.0478. The molecule has 0 saturated heterocycles. The second-order valence-corrected chi connectivity index (χ2v) is 8.79. The summed E-state index contributed by atoms with van der Waals surface area (Å²) in [4.78, 5) is 23.4. The number of H-pyrrole nitrogens is 2. The Hall–Kier alpha value is -4.11. The minimum atomic E-state index is -0.636. The van der Waals surface area contributed by atoms with Crippen LogP contribution in [0.25, 0.3) is 22.3 Å². The van der Waals surface area contributed by atoms with Crippen molar-refractivity contribution in [2.75, 3.05) is 13.4 Å². The largest absolute Gasteiger partial charge is 0.464 e. The first-order chi connectivity index (χ1) is 17.5. The third-order valence-electron chi connectivity index (χ3n) is 5.72. The maximum atomic E-state index is 14.9. The predicted octanol–water partition coefficient (Wildman–Crippen LogP) is 6.73. The molecule has 36 heavy (non-hydrogen) atoms. The number of fused-ring (bicyclic) bond motifs is 1. The molecule has 0 aliphatic rings. The lowest BCUT2D eigenvalue weighted by Gasteiger charge is -2.13. The van der Waals surface area contributed by atoms with Gasteiger partial charge in [-0.25, -0.2) is 18.6 Å². The third-order valence-corrected chi connectivity index (χ3v) is 6.53. The zero-order valence-corrected chi connectivity index (χ0v) is 20.2. The molecule has 0 amide bonds. The summed E-state index contributed by atoms with van der Waals surface area (Å²) < 4.78 is 40.6. The van der Waals surface area contributed by atoms with Crippen LogP contribution in [0.1, 0.15) is 21.7 Å². The van der Waals surface area contributed by atoms with E-state index in [2.05, 4.69) is 15.0 Å². The highest BCUT2D eigenvalue weighted by Crippen LogP contribution is 2.40. The summed E-state index contributed by atoms with van der Waals surface area (Å²) in [5, 5.41) is 0.820. The van der Waals surface area contributed by atoms with Crippen LogP contribution in [0.3, 0.4) is 0 Å². The van der Waals surface area contributed by atoms with Gasteiger partial charge in [0.25, 0.3) is 0 Å². The van der Waals surface area contributed by atoms with E-state index in [4.69, 9.17) is 9.47 Å². The molecule has 0 aliphatic carbocycles. The van der Waals surface area contributed by atoms with Crippen LogP contribution in [0.2, 0.25) is 0 Å². The molecule has 2 N–H and O–H groups in total. The van der Waals surface area contributed by atoms with E-state index < -0.39 is 17.6 Å². The van der Waals surface area contributed by atoms with Crippen molar-refractivity contribution < 1.29 is 23.0 Å². The lowest BCUT2D eigenvalue weighted by Crippen LogP contribution is -2.06. The Morgan fingerprint density at radius 3 is 2.61 bits per heavy atom. The highest BCUT2D eigenvalue weighted by Gasteiger charge is 2.22. The SMILES string of the molecule is COC(=O)c1nc(-c2cc(Oc3c(F)cc4[nH]ccc4c3SC)ccc2F)[nH]c1Cc1ccccc1. The predicted molar refractivity (Wildman–Crippen MR) is 135 cm³/mol. The molecule has 0 aliphatic heterocycles. The van der Waals surface area contributed by atoms with Crippen LogP contribution in [0.5, 0.6) is 11.5 Å². The number of halogens is 2. The molecule has 9 heteroatoms. The third kappa shape index (κ3) is 4.45. The van der Waals surface area contributed by atoms with Gasteiger partial charge in [0.05, 0.1) is 23.3 Å². The molecule has 2 heterocycles. The van der Waals surface area contributed by atoms with Gasteiger partial charge in [0.15, 0.2) is 17.3 Å². The van der Waals surface area contributed by atoms with Gasteiger partial charge >= 0.3 is 5.97 Å². The number of carbonyl (C=O) groups is 1. The van der Waals surface area contributed by atoms with E-state index >= 15 is 0 Å². The molecule has 0 spiro atoms. The van der Waals surface area contributed by atoms with Gasteiger partial charge in [-0.2, -0.15) is 0 Å². The maximum Gasteiger partial charge on any atom is 0.358 e. The van der Waals surface area contributed by atoms with E-state index in [1.807, 2.05) is 42.7 Å². The van der Waals surface area contributed by atoms with Crippen molar-refractivity contribution in [1.82, 2.24) is 15.0 Å². The molecule has 2 aromatic heterocycles. The first-order valence-electron chi connectivity index (χ1n) is 11.0. The van der Waals surface area contributed by atoms with Crippen molar-refractivity contribution in [1.29, 1.82) is 0 Å². The van der Waals surface area contributed by atoms with Crippen molar-refractivity contribution in [2.45, 2.75) is 11.3 Å². The molecule has 0 atom stereocenters. The van der Waals surface area contributed by atoms with Crippen molar-refractivity contribution in [3.63, 3.8) is 0 Å². The summed E-state index contributed by atoms with van der Waals surface area (Å²) in [6.07, 6.45) is 3.93. The van der Waals surface area contributed by atoms with Gasteiger partial charge in [0.2, 0.25) is 0 Å². The Kier molecular flexibility index (Phi) is 6.47. The smallest absolute Gasteiger partial charge is 0.358 e. The molecule has 0 unspecified atom stereocenters. The number of imidazole rings is 1. The van der Waals surface area contributed by atoms with E-state index in [-0.39, 0.29) is 28.6 Å². The van der Waals surface area contributed by atoms with Crippen molar-refractivity contribution in [3.8, 4) is 22.9 Å².